The van der Waals surface area contributed by atoms with Gasteiger partial charge in [-0.1, -0.05) is 47.0 Å². The summed E-state index contributed by atoms with van der Waals surface area (Å²) in [6.45, 7) is 2.90. The van der Waals surface area contributed by atoms with Crippen LogP contribution in [-0.2, 0) is 19.4 Å². The van der Waals surface area contributed by atoms with Crippen LogP contribution in [0.5, 0.6) is 0 Å². The SMILES string of the molecule is Cc1ccc(Sc2nnc(Cc3ccc(Cl)c(Cl)c3)n2CCCc2cnc[nH]2)cc1. The molecule has 30 heavy (non-hydrogen) atoms. The number of hydrogen-bond donors (Lipinski definition) is 1. The van der Waals surface area contributed by atoms with Crippen LogP contribution in [0, 0.1) is 6.92 Å². The molecule has 8 heteroatoms. The van der Waals surface area contributed by atoms with Crippen molar-refractivity contribution in [1.29, 1.82) is 0 Å². The van der Waals surface area contributed by atoms with Crippen LogP contribution in [0.4, 0.5) is 0 Å². The minimum Gasteiger partial charge on any atom is -0.348 e. The van der Waals surface area contributed by atoms with Gasteiger partial charge in [0, 0.05) is 29.8 Å². The van der Waals surface area contributed by atoms with Crippen molar-refractivity contribution in [2.45, 2.75) is 42.8 Å². The van der Waals surface area contributed by atoms with Crippen LogP contribution in [0.2, 0.25) is 10.0 Å². The number of halogens is 2. The fraction of sp³-hybridized carbons (Fsp3) is 0.227. The molecule has 0 atom stereocenters. The summed E-state index contributed by atoms with van der Waals surface area (Å²) in [4.78, 5) is 8.39. The number of hydrogen-bond acceptors (Lipinski definition) is 4. The van der Waals surface area contributed by atoms with E-state index in [1.165, 1.54) is 5.56 Å². The highest BCUT2D eigenvalue weighted by atomic mass is 35.5. The van der Waals surface area contributed by atoms with Crippen molar-refractivity contribution < 1.29 is 0 Å². The van der Waals surface area contributed by atoms with Gasteiger partial charge in [-0.3, -0.25) is 0 Å². The van der Waals surface area contributed by atoms with Crippen molar-refractivity contribution in [3.8, 4) is 0 Å². The van der Waals surface area contributed by atoms with Gasteiger partial charge in [0.2, 0.25) is 0 Å². The Balaban J connectivity index is 1.56. The third kappa shape index (κ3) is 5.25. The Hall–Kier alpha value is -2.28. The fourth-order valence-electron chi connectivity index (χ4n) is 3.14. The molecule has 0 bridgehead atoms. The van der Waals surface area contributed by atoms with Gasteiger partial charge in [0.15, 0.2) is 5.16 Å². The predicted octanol–water partition coefficient (Wildman–Crippen LogP) is 5.99. The topological polar surface area (TPSA) is 59.4 Å². The predicted molar refractivity (Wildman–Crippen MR) is 122 cm³/mol. The quantitative estimate of drug-likeness (QED) is 0.352. The third-order valence-electron chi connectivity index (χ3n) is 4.75. The molecule has 2 heterocycles. The van der Waals surface area contributed by atoms with Gasteiger partial charge < -0.3 is 9.55 Å². The van der Waals surface area contributed by atoms with E-state index in [0.717, 1.165) is 46.5 Å². The van der Waals surface area contributed by atoms with Crippen LogP contribution >= 0.6 is 35.0 Å². The van der Waals surface area contributed by atoms with Crippen LogP contribution in [0.3, 0.4) is 0 Å². The Labute approximate surface area is 189 Å². The molecule has 154 valence electrons. The average molecular weight is 458 g/mol. The number of H-pyrrole nitrogens is 1. The summed E-state index contributed by atoms with van der Waals surface area (Å²) in [7, 11) is 0. The number of nitrogens with zero attached hydrogens (tertiary/aromatic N) is 4. The van der Waals surface area contributed by atoms with Crippen LogP contribution in [0.1, 0.15) is 29.1 Å². The second-order valence-electron chi connectivity index (χ2n) is 7.07. The number of aromatic nitrogens is 5. The fourth-order valence-corrected chi connectivity index (χ4v) is 4.33. The summed E-state index contributed by atoms with van der Waals surface area (Å²) in [5.41, 5.74) is 3.42. The zero-order chi connectivity index (χ0) is 20.9. The maximum absolute atomic E-state index is 6.20. The summed E-state index contributed by atoms with van der Waals surface area (Å²) in [5, 5.41) is 11.0. The van der Waals surface area contributed by atoms with Crippen molar-refractivity contribution in [3.63, 3.8) is 0 Å². The van der Waals surface area contributed by atoms with E-state index in [0.29, 0.717) is 16.5 Å². The highest BCUT2D eigenvalue weighted by Gasteiger charge is 2.15. The summed E-state index contributed by atoms with van der Waals surface area (Å²) in [6.07, 6.45) is 6.09. The Morgan fingerprint density at radius 2 is 1.87 bits per heavy atom. The first-order valence-corrected chi connectivity index (χ1v) is 11.2. The van der Waals surface area contributed by atoms with E-state index in [9.17, 15) is 0 Å². The van der Waals surface area contributed by atoms with Crippen molar-refractivity contribution in [3.05, 3.63) is 87.7 Å². The number of rotatable bonds is 8. The normalized spacial score (nSPS) is 11.2. The van der Waals surface area contributed by atoms with Gasteiger partial charge in [-0.05, 0) is 61.4 Å². The van der Waals surface area contributed by atoms with Crippen molar-refractivity contribution in [2.75, 3.05) is 0 Å². The highest BCUT2D eigenvalue weighted by Crippen LogP contribution is 2.29. The summed E-state index contributed by atoms with van der Waals surface area (Å²) in [5.74, 6) is 0.910. The van der Waals surface area contributed by atoms with Gasteiger partial charge in [-0.15, -0.1) is 10.2 Å². The van der Waals surface area contributed by atoms with Gasteiger partial charge >= 0.3 is 0 Å². The van der Waals surface area contributed by atoms with E-state index in [4.69, 9.17) is 23.2 Å². The largest absolute Gasteiger partial charge is 0.348 e. The molecule has 0 saturated heterocycles. The summed E-state index contributed by atoms with van der Waals surface area (Å²) >= 11 is 13.9. The molecule has 0 radical (unpaired) electrons. The van der Waals surface area contributed by atoms with E-state index >= 15 is 0 Å². The Morgan fingerprint density at radius 3 is 2.60 bits per heavy atom. The third-order valence-corrected chi connectivity index (χ3v) is 6.48. The van der Waals surface area contributed by atoms with E-state index < -0.39 is 0 Å². The highest BCUT2D eigenvalue weighted by molar-refractivity contribution is 7.99. The molecule has 2 aromatic heterocycles. The zero-order valence-corrected chi connectivity index (χ0v) is 18.8. The lowest BCUT2D eigenvalue weighted by Gasteiger charge is -2.11. The van der Waals surface area contributed by atoms with Gasteiger partial charge in [0.05, 0.1) is 16.4 Å². The maximum Gasteiger partial charge on any atom is 0.196 e. The van der Waals surface area contributed by atoms with Crippen LogP contribution < -0.4 is 0 Å². The standard InChI is InChI=1S/C22H21Cl2N5S/c1-15-4-7-18(8-5-15)30-22-28-27-21(12-16-6-9-19(23)20(24)11-16)29(22)10-2-3-17-13-25-14-26-17/h4-9,11,13-14H,2-3,10,12H2,1H3,(H,25,26). The molecule has 0 spiro atoms. The number of aromatic amines is 1. The van der Waals surface area contributed by atoms with E-state index in [-0.39, 0.29) is 0 Å². The maximum atomic E-state index is 6.20. The molecule has 5 nitrogen and oxygen atoms in total. The van der Waals surface area contributed by atoms with Gasteiger partial charge in [0.1, 0.15) is 5.82 Å². The number of imidazole rings is 1. The molecule has 0 fully saturated rings. The lowest BCUT2D eigenvalue weighted by atomic mass is 10.1. The molecule has 0 saturated carbocycles. The molecular formula is C22H21Cl2N5S. The van der Waals surface area contributed by atoms with Crippen molar-refractivity contribution in [2.24, 2.45) is 0 Å². The monoisotopic (exact) mass is 457 g/mol. The van der Waals surface area contributed by atoms with Crippen molar-refractivity contribution >= 4 is 35.0 Å². The second kappa shape index (κ2) is 9.69. The molecule has 1 N–H and O–H groups in total. The Bertz CT molecular complexity index is 1110. The van der Waals surface area contributed by atoms with Gasteiger partial charge in [-0.2, -0.15) is 0 Å². The van der Waals surface area contributed by atoms with Gasteiger partial charge in [-0.25, -0.2) is 4.98 Å². The molecule has 0 amide bonds. The van der Waals surface area contributed by atoms with E-state index in [1.807, 2.05) is 24.4 Å². The molecule has 2 aromatic carbocycles. The smallest absolute Gasteiger partial charge is 0.196 e. The lowest BCUT2D eigenvalue weighted by Crippen LogP contribution is -2.07. The molecule has 0 aliphatic carbocycles. The Kier molecular flexibility index (Phi) is 6.77. The lowest BCUT2D eigenvalue weighted by molar-refractivity contribution is 0.572. The molecule has 0 unspecified atom stereocenters. The van der Waals surface area contributed by atoms with Crippen LogP contribution in [0.25, 0.3) is 0 Å². The average Bonchev–Trinajstić information content (AvgIpc) is 3.38. The van der Waals surface area contributed by atoms with Crippen molar-refractivity contribution in [1.82, 2.24) is 24.7 Å². The molecule has 4 rings (SSSR count). The Morgan fingerprint density at radius 1 is 1.03 bits per heavy atom. The second-order valence-corrected chi connectivity index (χ2v) is 8.93. The first-order chi connectivity index (χ1) is 14.6. The van der Waals surface area contributed by atoms with E-state index in [1.54, 1.807) is 18.1 Å². The molecule has 0 aliphatic heterocycles. The summed E-state index contributed by atoms with van der Waals surface area (Å²) in [6, 6.07) is 14.1. The zero-order valence-electron chi connectivity index (χ0n) is 16.5. The van der Waals surface area contributed by atoms with Gasteiger partial charge in [0.25, 0.3) is 0 Å². The number of nitrogens with one attached hydrogen (secondary N) is 1. The summed E-state index contributed by atoms with van der Waals surface area (Å²) < 4.78 is 2.20. The molecular weight excluding hydrogens is 437 g/mol. The van der Waals surface area contributed by atoms with Crippen LogP contribution in [-0.4, -0.2) is 24.7 Å². The molecule has 0 aliphatic rings. The molecule has 4 aromatic rings. The van der Waals surface area contributed by atoms with E-state index in [2.05, 4.69) is 55.9 Å². The first kappa shape index (κ1) is 21.0. The number of aryl methyl sites for hydroxylation is 2. The number of benzene rings is 2. The first-order valence-electron chi connectivity index (χ1n) is 9.66. The van der Waals surface area contributed by atoms with Crippen LogP contribution in [0.15, 0.2) is 65.0 Å². The minimum absolute atomic E-state index is 0.550. The minimum atomic E-state index is 0.550.